The molecule has 0 saturated heterocycles. The molecule has 0 N–H and O–H groups in total. The Hall–Kier alpha value is -0.480. The minimum Gasteiger partial charge on any atom is -0.493 e. The third-order valence-electron chi connectivity index (χ3n) is 7.64. The van der Waals surface area contributed by atoms with Crippen LogP contribution in [0.2, 0.25) is 0 Å². The lowest BCUT2D eigenvalue weighted by molar-refractivity contribution is 0.292. The van der Waals surface area contributed by atoms with Crippen LogP contribution in [-0.4, -0.2) is 38.2 Å². The van der Waals surface area contributed by atoms with Crippen molar-refractivity contribution < 1.29 is 9.47 Å². The highest BCUT2D eigenvalue weighted by Gasteiger charge is 2.19. The van der Waals surface area contributed by atoms with Crippen LogP contribution in [0.4, 0.5) is 0 Å². The van der Waals surface area contributed by atoms with Gasteiger partial charge in [-0.1, -0.05) is 129 Å². The van der Waals surface area contributed by atoms with Crippen molar-refractivity contribution in [1.29, 1.82) is 0 Å². The van der Waals surface area contributed by atoms with Gasteiger partial charge < -0.3 is 9.47 Å². The smallest absolute Gasteiger partial charge is 0.136 e. The van der Waals surface area contributed by atoms with E-state index in [9.17, 15) is 0 Å². The molecule has 0 aromatic heterocycles. The van der Waals surface area contributed by atoms with Gasteiger partial charge in [0.1, 0.15) is 23.0 Å². The number of hydrogen-bond acceptors (Lipinski definition) is 2. The van der Waals surface area contributed by atoms with E-state index in [2.05, 4.69) is 51.0 Å². The first kappa shape index (κ1) is 37.5. The van der Waals surface area contributed by atoms with Crippen molar-refractivity contribution in [3.05, 3.63) is 23.3 Å². The fraction of sp³-hybridized carbons (Fsp3) is 0.833. The predicted octanol–water partition coefficient (Wildman–Crippen LogP) is 11.0. The summed E-state index contributed by atoms with van der Waals surface area (Å²) >= 11 is 0. The van der Waals surface area contributed by atoms with Crippen molar-refractivity contribution in [3.8, 4) is 11.5 Å². The molecule has 0 aliphatic heterocycles. The molecular formula is C36H68O2S2+2. The zero-order valence-corrected chi connectivity index (χ0v) is 29.4. The van der Waals surface area contributed by atoms with Crippen molar-refractivity contribution in [1.82, 2.24) is 0 Å². The molecule has 0 bridgehead atoms. The van der Waals surface area contributed by atoms with Crippen LogP contribution in [0.1, 0.15) is 153 Å². The average molecular weight is 597 g/mol. The summed E-state index contributed by atoms with van der Waals surface area (Å²) < 4.78 is 12.9. The third-order valence-corrected chi connectivity index (χ3v) is 9.42. The maximum Gasteiger partial charge on any atom is 0.136 e. The lowest BCUT2D eigenvalue weighted by atomic mass is 10.1. The van der Waals surface area contributed by atoms with Gasteiger partial charge in [0.25, 0.3) is 0 Å². The highest BCUT2D eigenvalue weighted by molar-refractivity contribution is 7.95. The summed E-state index contributed by atoms with van der Waals surface area (Å²) in [6.45, 7) is 6.27. The first-order valence-corrected chi connectivity index (χ1v) is 21.4. The number of unbranched alkanes of at least 4 members (excludes halogenated alkanes) is 18. The largest absolute Gasteiger partial charge is 0.493 e. The van der Waals surface area contributed by atoms with Crippen molar-refractivity contribution >= 4 is 21.8 Å². The third kappa shape index (κ3) is 20.4. The van der Waals surface area contributed by atoms with E-state index in [-0.39, 0.29) is 0 Å². The molecule has 40 heavy (non-hydrogen) atoms. The van der Waals surface area contributed by atoms with Crippen LogP contribution in [0.5, 0.6) is 11.5 Å². The summed E-state index contributed by atoms with van der Waals surface area (Å²) in [4.78, 5) is 0. The molecule has 1 aromatic carbocycles. The molecule has 0 amide bonds. The molecular weight excluding hydrogens is 529 g/mol. The van der Waals surface area contributed by atoms with Gasteiger partial charge >= 0.3 is 0 Å². The molecule has 0 saturated carbocycles. The molecule has 0 radical (unpaired) electrons. The second kappa shape index (κ2) is 26.2. The zero-order chi connectivity index (χ0) is 29.3. The van der Waals surface area contributed by atoms with Gasteiger partial charge in [-0.15, -0.1) is 0 Å². The van der Waals surface area contributed by atoms with E-state index >= 15 is 0 Å². The Balaban J connectivity index is 2.50. The summed E-state index contributed by atoms with van der Waals surface area (Å²) in [5, 5.41) is 0. The molecule has 0 heterocycles. The van der Waals surface area contributed by atoms with Crippen molar-refractivity contribution in [2.75, 3.05) is 38.2 Å². The van der Waals surface area contributed by atoms with Gasteiger partial charge in [0, 0.05) is 11.1 Å². The Bertz CT molecular complexity index is 645. The molecule has 1 rings (SSSR count). The van der Waals surface area contributed by atoms with Crippen LogP contribution < -0.4 is 9.47 Å². The lowest BCUT2D eigenvalue weighted by Crippen LogP contribution is -2.09. The molecule has 4 heteroatoms. The Morgan fingerprint density at radius 3 is 0.975 bits per heavy atom. The van der Waals surface area contributed by atoms with Crippen molar-refractivity contribution in [2.45, 2.75) is 154 Å². The summed E-state index contributed by atoms with van der Waals surface area (Å²) in [6.07, 6.45) is 36.5. The fourth-order valence-electron chi connectivity index (χ4n) is 5.30. The van der Waals surface area contributed by atoms with Gasteiger partial charge in [0.2, 0.25) is 0 Å². The molecule has 0 unspecified atom stereocenters. The van der Waals surface area contributed by atoms with Crippen molar-refractivity contribution in [3.63, 3.8) is 0 Å². The van der Waals surface area contributed by atoms with E-state index < -0.39 is 0 Å². The normalized spacial score (nSPS) is 11.6. The Morgan fingerprint density at radius 1 is 0.425 bits per heavy atom. The number of rotatable bonds is 28. The second-order valence-electron chi connectivity index (χ2n) is 12.4. The maximum atomic E-state index is 6.45. The maximum absolute atomic E-state index is 6.45. The number of hydrogen-bond donors (Lipinski definition) is 0. The number of benzene rings is 1. The average Bonchev–Trinajstić information content (AvgIpc) is 2.91. The van der Waals surface area contributed by atoms with Crippen LogP contribution in [-0.2, 0) is 33.3 Å². The SMILES string of the molecule is CCCCCCCCCCCCOc1cc(C[S+](C)C)c(OCCCCCCCCCCCC)cc1C[S+](C)C. The van der Waals surface area contributed by atoms with E-state index in [1.807, 2.05) is 0 Å². The zero-order valence-electron chi connectivity index (χ0n) is 27.8. The molecule has 234 valence electrons. The van der Waals surface area contributed by atoms with Crippen LogP contribution in [0, 0.1) is 0 Å². The lowest BCUT2D eigenvalue weighted by Gasteiger charge is -2.17. The molecule has 2 nitrogen and oxygen atoms in total. The van der Waals surface area contributed by atoms with E-state index in [0.29, 0.717) is 21.8 Å². The fourth-order valence-corrected chi connectivity index (χ4v) is 7.00. The van der Waals surface area contributed by atoms with Gasteiger partial charge in [0.05, 0.1) is 38.2 Å². The minimum absolute atomic E-state index is 0.332. The second-order valence-corrected chi connectivity index (χ2v) is 16.9. The monoisotopic (exact) mass is 596 g/mol. The number of ether oxygens (including phenoxy) is 2. The standard InChI is InChI=1S/C36H68O2S2/c1-7-9-11-13-15-17-19-21-23-25-27-37-35-29-34(32-40(5)6)36(30-33(35)31-39(3)4)38-28-26-24-22-20-18-16-14-12-10-8-2/h29-30H,7-28,31-32H2,1-6H3/q+2. The van der Waals surface area contributed by atoms with Crippen molar-refractivity contribution in [2.24, 2.45) is 0 Å². The molecule has 0 aliphatic carbocycles. The first-order chi connectivity index (χ1) is 19.5. The van der Waals surface area contributed by atoms with E-state index in [1.165, 1.54) is 127 Å². The van der Waals surface area contributed by atoms with Crippen LogP contribution in [0.15, 0.2) is 12.1 Å². The summed E-state index contributed by atoms with van der Waals surface area (Å²) in [6, 6.07) is 4.67. The van der Waals surface area contributed by atoms with Gasteiger partial charge in [-0.25, -0.2) is 0 Å². The van der Waals surface area contributed by atoms with Gasteiger partial charge in [-0.2, -0.15) is 0 Å². The Labute approximate surface area is 257 Å². The van der Waals surface area contributed by atoms with E-state index in [1.54, 1.807) is 0 Å². The molecule has 1 aromatic rings. The minimum atomic E-state index is 0.332. The topological polar surface area (TPSA) is 18.5 Å². The van der Waals surface area contributed by atoms with E-state index in [4.69, 9.17) is 9.47 Å². The van der Waals surface area contributed by atoms with Gasteiger partial charge in [-0.3, -0.25) is 0 Å². The molecule has 0 aliphatic rings. The summed E-state index contributed by atoms with van der Waals surface area (Å²) in [5.41, 5.74) is 2.68. The molecule has 0 spiro atoms. The van der Waals surface area contributed by atoms with E-state index in [0.717, 1.165) is 49.1 Å². The van der Waals surface area contributed by atoms with Crippen LogP contribution in [0.25, 0.3) is 0 Å². The molecule has 0 fully saturated rings. The Kier molecular flexibility index (Phi) is 24.6. The highest BCUT2D eigenvalue weighted by Crippen LogP contribution is 2.32. The predicted molar refractivity (Wildman–Crippen MR) is 187 cm³/mol. The highest BCUT2D eigenvalue weighted by atomic mass is 32.2. The quantitative estimate of drug-likeness (QED) is 0.0707. The summed E-state index contributed by atoms with van der Waals surface area (Å²) in [5.74, 6) is 4.38. The molecule has 0 atom stereocenters. The van der Waals surface area contributed by atoms with Crippen LogP contribution in [0.3, 0.4) is 0 Å². The summed E-state index contributed by atoms with van der Waals surface area (Å²) in [7, 11) is 0.664. The first-order valence-electron chi connectivity index (χ1n) is 17.0. The van der Waals surface area contributed by atoms with Gasteiger partial charge in [-0.05, 0) is 46.8 Å². The van der Waals surface area contributed by atoms with Crippen LogP contribution >= 0.6 is 0 Å². The van der Waals surface area contributed by atoms with Gasteiger partial charge in [0.15, 0.2) is 0 Å². The Morgan fingerprint density at radius 2 is 0.700 bits per heavy atom.